The van der Waals surface area contributed by atoms with Crippen molar-refractivity contribution >= 4 is 15.8 Å². The molecule has 4 rings (SSSR count). The van der Waals surface area contributed by atoms with Gasteiger partial charge in [-0.15, -0.1) is 0 Å². The van der Waals surface area contributed by atoms with Gasteiger partial charge in [-0.3, -0.25) is 0 Å². The average Bonchev–Trinajstić information content (AvgIpc) is 3.00. The van der Waals surface area contributed by atoms with E-state index in [0.717, 1.165) is 48.7 Å². The lowest BCUT2D eigenvalue weighted by Crippen LogP contribution is -2.24. The lowest BCUT2D eigenvalue weighted by molar-refractivity contribution is 0.297. The topological polar surface area (TPSA) is 94.8 Å². The fraction of sp³-hybridized carbons (Fsp3) is 0.389. The minimum absolute atomic E-state index is 0.0209. The Morgan fingerprint density at radius 2 is 1.88 bits per heavy atom. The maximum Gasteiger partial charge on any atom is 0.239 e. The molecule has 8 heteroatoms. The van der Waals surface area contributed by atoms with Crippen LogP contribution in [0.25, 0.3) is 0 Å². The molecule has 0 spiro atoms. The average molecular weight is 375 g/mol. The number of ether oxygens (including phenoxy) is 2. The lowest BCUT2D eigenvalue weighted by Gasteiger charge is -2.26. The highest BCUT2D eigenvalue weighted by molar-refractivity contribution is 7.89. The number of benzene rings is 1. The molecule has 0 radical (unpaired) electrons. The van der Waals surface area contributed by atoms with E-state index in [-0.39, 0.29) is 10.9 Å². The van der Waals surface area contributed by atoms with Crippen molar-refractivity contribution in [1.29, 1.82) is 0 Å². The van der Waals surface area contributed by atoms with E-state index in [1.807, 2.05) is 12.1 Å². The zero-order valence-electron chi connectivity index (χ0n) is 14.3. The van der Waals surface area contributed by atoms with Gasteiger partial charge in [-0.25, -0.2) is 18.5 Å². The molecule has 1 aromatic carbocycles. The van der Waals surface area contributed by atoms with Crippen molar-refractivity contribution in [3.63, 3.8) is 0 Å². The zero-order chi connectivity index (χ0) is 18.1. The molecule has 1 aromatic heterocycles. The van der Waals surface area contributed by atoms with Crippen molar-refractivity contribution in [2.24, 2.45) is 5.14 Å². The zero-order valence-corrected chi connectivity index (χ0v) is 15.1. The first-order valence-corrected chi connectivity index (χ1v) is 10.2. The highest BCUT2D eigenvalue weighted by atomic mass is 32.2. The van der Waals surface area contributed by atoms with Gasteiger partial charge in [0.2, 0.25) is 10.0 Å². The van der Waals surface area contributed by atoms with Crippen molar-refractivity contribution in [1.82, 2.24) is 4.98 Å². The number of nitrogens with zero attached hydrogens (tertiary/aromatic N) is 2. The van der Waals surface area contributed by atoms with Crippen LogP contribution in [0.5, 0.6) is 11.5 Å². The van der Waals surface area contributed by atoms with Crippen molar-refractivity contribution < 1.29 is 17.9 Å². The Kier molecular flexibility index (Phi) is 4.46. The van der Waals surface area contributed by atoms with E-state index in [0.29, 0.717) is 13.2 Å². The normalized spacial score (nSPS) is 20.0. The summed E-state index contributed by atoms with van der Waals surface area (Å²) in [6, 6.07) is 9.45. The molecule has 0 amide bonds. The molecule has 2 N–H and O–H groups in total. The van der Waals surface area contributed by atoms with Gasteiger partial charge in [0.05, 0.1) is 19.3 Å². The molecule has 1 saturated heterocycles. The molecule has 3 heterocycles. The van der Waals surface area contributed by atoms with E-state index in [2.05, 4.69) is 16.0 Å². The number of primary sulfonamides is 1. The SMILES string of the molecule is NS(=O)(=O)c1ccc(N2CCC[C@H]2c2ccc3c(c2)OCCCO3)nc1. The molecule has 1 fully saturated rings. The Hall–Kier alpha value is -2.32. The van der Waals surface area contributed by atoms with Gasteiger partial charge >= 0.3 is 0 Å². The summed E-state index contributed by atoms with van der Waals surface area (Å²) in [5.41, 5.74) is 1.14. The number of nitrogens with two attached hydrogens (primary N) is 1. The second-order valence-corrected chi connectivity index (χ2v) is 8.07. The van der Waals surface area contributed by atoms with Gasteiger partial charge in [0.25, 0.3) is 0 Å². The van der Waals surface area contributed by atoms with Crippen LogP contribution in [-0.4, -0.2) is 33.2 Å². The molecule has 2 aliphatic heterocycles. The largest absolute Gasteiger partial charge is 0.490 e. The summed E-state index contributed by atoms with van der Waals surface area (Å²) in [7, 11) is -3.73. The summed E-state index contributed by atoms with van der Waals surface area (Å²) in [6.45, 7) is 2.18. The fourth-order valence-electron chi connectivity index (χ4n) is 3.49. The van der Waals surface area contributed by atoms with Crippen molar-refractivity contribution in [2.75, 3.05) is 24.7 Å². The third kappa shape index (κ3) is 3.34. The molecule has 1 atom stereocenters. The third-order valence-electron chi connectivity index (χ3n) is 4.75. The van der Waals surface area contributed by atoms with Crippen LogP contribution in [-0.2, 0) is 10.0 Å². The first-order valence-electron chi connectivity index (χ1n) is 8.67. The van der Waals surface area contributed by atoms with Crippen LogP contribution in [0.1, 0.15) is 30.9 Å². The second kappa shape index (κ2) is 6.77. The van der Waals surface area contributed by atoms with E-state index in [4.69, 9.17) is 14.6 Å². The summed E-state index contributed by atoms with van der Waals surface area (Å²) in [5.74, 6) is 2.31. The van der Waals surface area contributed by atoms with Gasteiger partial charge < -0.3 is 14.4 Å². The highest BCUT2D eigenvalue weighted by Gasteiger charge is 2.28. The predicted molar refractivity (Wildman–Crippen MR) is 97.0 cm³/mol. The summed E-state index contributed by atoms with van der Waals surface area (Å²) < 4.78 is 34.3. The Morgan fingerprint density at radius 1 is 1.08 bits per heavy atom. The summed E-state index contributed by atoms with van der Waals surface area (Å²) >= 11 is 0. The Morgan fingerprint density at radius 3 is 2.62 bits per heavy atom. The van der Waals surface area contributed by atoms with Crippen LogP contribution >= 0.6 is 0 Å². The van der Waals surface area contributed by atoms with Crippen LogP contribution in [0.4, 0.5) is 5.82 Å². The van der Waals surface area contributed by atoms with Gasteiger partial charge in [0.15, 0.2) is 11.5 Å². The lowest BCUT2D eigenvalue weighted by atomic mass is 10.0. The van der Waals surface area contributed by atoms with Gasteiger partial charge in [0, 0.05) is 19.2 Å². The fourth-order valence-corrected chi connectivity index (χ4v) is 3.94. The molecule has 26 heavy (non-hydrogen) atoms. The minimum Gasteiger partial charge on any atom is -0.490 e. The Balaban J connectivity index is 1.62. The standard InChI is InChI=1S/C18H21N3O4S/c19-26(22,23)14-5-7-18(20-12-14)21-8-1-3-15(21)13-4-6-16-17(11-13)25-10-2-9-24-16/h4-7,11-12,15H,1-3,8-10H2,(H2,19,22,23)/t15-/m0/s1. The number of pyridine rings is 1. The number of sulfonamides is 1. The molecular weight excluding hydrogens is 354 g/mol. The van der Waals surface area contributed by atoms with Crippen molar-refractivity contribution in [3.8, 4) is 11.5 Å². The third-order valence-corrected chi connectivity index (χ3v) is 5.65. The molecule has 0 aliphatic carbocycles. The summed E-state index contributed by atoms with van der Waals surface area (Å²) in [5, 5.41) is 5.15. The molecule has 2 aromatic rings. The predicted octanol–water partition coefficient (Wildman–Crippen LogP) is 2.23. The number of hydrogen-bond donors (Lipinski definition) is 1. The van der Waals surface area contributed by atoms with E-state index < -0.39 is 10.0 Å². The van der Waals surface area contributed by atoms with Crippen LogP contribution in [0.2, 0.25) is 0 Å². The number of anilines is 1. The molecule has 138 valence electrons. The molecule has 0 saturated carbocycles. The van der Waals surface area contributed by atoms with E-state index >= 15 is 0 Å². The van der Waals surface area contributed by atoms with Crippen molar-refractivity contribution in [3.05, 3.63) is 42.1 Å². The van der Waals surface area contributed by atoms with Gasteiger partial charge in [-0.05, 0) is 42.7 Å². The second-order valence-electron chi connectivity index (χ2n) is 6.51. The minimum atomic E-state index is -3.73. The van der Waals surface area contributed by atoms with E-state index in [9.17, 15) is 8.42 Å². The first-order chi connectivity index (χ1) is 12.5. The van der Waals surface area contributed by atoms with Gasteiger partial charge in [-0.1, -0.05) is 6.07 Å². The van der Waals surface area contributed by atoms with E-state index in [1.54, 1.807) is 6.07 Å². The Bertz CT molecular complexity index is 899. The smallest absolute Gasteiger partial charge is 0.239 e. The summed E-state index contributed by atoms with van der Waals surface area (Å²) in [4.78, 5) is 6.52. The van der Waals surface area contributed by atoms with Gasteiger partial charge in [0.1, 0.15) is 10.7 Å². The monoisotopic (exact) mass is 375 g/mol. The quantitative estimate of drug-likeness (QED) is 0.884. The summed E-state index contributed by atoms with van der Waals surface area (Å²) in [6.07, 6.45) is 4.23. The highest BCUT2D eigenvalue weighted by Crippen LogP contribution is 2.39. The number of rotatable bonds is 3. The van der Waals surface area contributed by atoms with Crippen LogP contribution < -0.4 is 19.5 Å². The first kappa shape index (κ1) is 17.1. The molecule has 0 unspecified atom stereocenters. The van der Waals surface area contributed by atoms with Gasteiger partial charge in [-0.2, -0.15) is 0 Å². The van der Waals surface area contributed by atoms with Crippen LogP contribution in [0.3, 0.4) is 0 Å². The molecular formula is C18H21N3O4S. The number of aromatic nitrogens is 1. The maximum absolute atomic E-state index is 11.4. The number of fused-ring (bicyclic) bond motifs is 1. The Labute approximate surface area is 152 Å². The molecule has 7 nitrogen and oxygen atoms in total. The van der Waals surface area contributed by atoms with Crippen LogP contribution in [0.15, 0.2) is 41.4 Å². The number of hydrogen-bond acceptors (Lipinski definition) is 6. The molecule has 2 aliphatic rings. The van der Waals surface area contributed by atoms with Crippen LogP contribution in [0, 0.1) is 0 Å². The maximum atomic E-state index is 11.4. The molecule has 0 bridgehead atoms. The van der Waals surface area contributed by atoms with Crippen molar-refractivity contribution in [2.45, 2.75) is 30.2 Å². The van der Waals surface area contributed by atoms with E-state index in [1.165, 1.54) is 12.3 Å².